The second kappa shape index (κ2) is 8.57. The van der Waals surface area contributed by atoms with Crippen LogP contribution in [-0.2, 0) is 4.74 Å². The molecule has 1 fully saturated rings. The average molecular weight is 466 g/mol. The van der Waals surface area contributed by atoms with E-state index in [-0.39, 0.29) is 29.0 Å². The fourth-order valence-electron chi connectivity index (χ4n) is 3.79. The van der Waals surface area contributed by atoms with Gasteiger partial charge in [0.05, 0.1) is 13.0 Å². The highest BCUT2D eigenvalue weighted by molar-refractivity contribution is 6.02. The Balaban J connectivity index is 1.64. The molecule has 178 valence electrons. The van der Waals surface area contributed by atoms with Gasteiger partial charge in [-0.1, -0.05) is 0 Å². The molecule has 0 spiro atoms. The first-order valence-electron chi connectivity index (χ1n) is 9.89. The van der Waals surface area contributed by atoms with Gasteiger partial charge in [-0.05, 0) is 12.1 Å². The van der Waals surface area contributed by atoms with Crippen molar-refractivity contribution in [2.45, 2.75) is 43.2 Å². The molecule has 0 amide bonds. The number of aliphatic hydroxyl groups is 4. The van der Waals surface area contributed by atoms with Crippen molar-refractivity contribution >= 4 is 5.78 Å². The molecule has 12 heteroatoms. The molecule has 2 aromatic carbocycles. The van der Waals surface area contributed by atoms with Gasteiger partial charge in [-0.15, -0.1) is 0 Å². The van der Waals surface area contributed by atoms with E-state index >= 15 is 0 Å². The zero-order chi connectivity index (χ0) is 24.0. The van der Waals surface area contributed by atoms with Gasteiger partial charge in [0, 0.05) is 17.7 Å². The lowest BCUT2D eigenvalue weighted by Crippen LogP contribution is -2.60. The maximum Gasteiger partial charge on any atom is 0.229 e. The van der Waals surface area contributed by atoms with E-state index in [0.717, 1.165) is 18.2 Å². The second-order valence-corrected chi connectivity index (χ2v) is 7.77. The summed E-state index contributed by atoms with van der Waals surface area (Å²) >= 11 is 0. The van der Waals surface area contributed by atoms with Crippen molar-refractivity contribution in [3.63, 3.8) is 0 Å². The van der Waals surface area contributed by atoms with Crippen LogP contribution in [0.4, 0.5) is 0 Å². The van der Waals surface area contributed by atoms with Crippen molar-refractivity contribution in [1.29, 1.82) is 0 Å². The van der Waals surface area contributed by atoms with Crippen molar-refractivity contribution < 1.29 is 59.9 Å². The van der Waals surface area contributed by atoms with E-state index in [1.54, 1.807) is 0 Å². The van der Waals surface area contributed by atoms with Crippen LogP contribution in [0.25, 0.3) is 0 Å². The summed E-state index contributed by atoms with van der Waals surface area (Å²) in [7, 11) is 0. The van der Waals surface area contributed by atoms with Crippen LogP contribution in [0.15, 0.2) is 24.3 Å². The smallest absolute Gasteiger partial charge is 0.229 e. The molecule has 0 saturated carbocycles. The number of ketones is 1. The van der Waals surface area contributed by atoms with Crippen molar-refractivity contribution in [1.82, 2.24) is 0 Å². The topological polar surface area (TPSA) is 207 Å². The van der Waals surface area contributed by atoms with Crippen molar-refractivity contribution in [2.24, 2.45) is 0 Å². The minimum atomic E-state index is -1.77. The number of aliphatic hydroxyl groups excluding tert-OH is 4. The van der Waals surface area contributed by atoms with Gasteiger partial charge in [-0.25, -0.2) is 0 Å². The standard InChI is InChI=1S/C21H22O12/c22-6-15-18(28)19(29)20(30)21(33-15)32-14-2-7(1-11(26)17(14)27)12-5-10(25)16-9(24)3-8(23)4-13(16)31-12/h1-4,12,15,18-24,26-30H,5-6H2/t12?,15-,18-,19-,20-,21-/m1/s1. The van der Waals surface area contributed by atoms with Gasteiger partial charge in [0.15, 0.2) is 17.3 Å². The van der Waals surface area contributed by atoms with E-state index in [4.69, 9.17) is 14.2 Å². The van der Waals surface area contributed by atoms with Crippen molar-refractivity contribution in [2.75, 3.05) is 6.61 Å². The van der Waals surface area contributed by atoms with Crippen LogP contribution in [-0.4, -0.2) is 83.9 Å². The largest absolute Gasteiger partial charge is 0.508 e. The van der Waals surface area contributed by atoms with Gasteiger partial charge in [0.2, 0.25) is 12.0 Å². The van der Waals surface area contributed by atoms with E-state index in [9.17, 15) is 45.6 Å². The van der Waals surface area contributed by atoms with E-state index in [2.05, 4.69) is 0 Å². The van der Waals surface area contributed by atoms with Crippen LogP contribution in [0.5, 0.6) is 34.5 Å². The predicted octanol–water partition coefficient (Wildman–Crippen LogP) is -0.606. The molecular weight excluding hydrogens is 444 g/mol. The van der Waals surface area contributed by atoms with Crippen LogP contribution in [0.2, 0.25) is 0 Å². The number of phenols is 4. The number of carbonyl (C=O) groups excluding carboxylic acids is 1. The number of hydrogen-bond donors (Lipinski definition) is 8. The molecule has 12 nitrogen and oxygen atoms in total. The minimum Gasteiger partial charge on any atom is -0.508 e. The molecule has 6 atom stereocenters. The molecule has 2 aromatic rings. The molecule has 0 bridgehead atoms. The number of aromatic hydroxyl groups is 4. The summed E-state index contributed by atoms with van der Waals surface area (Å²) in [6.07, 6.45) is -9.26. The molecule has 1 saturated heterocycles. The number of ether oxygens (including phenoxy) is 3. The monoisotopic (exact) mass is 466 g/mol. The van der Waals surface area contributed by atoms with E-state index in [1.807, 2.05) is 0 Å². The summed E-state index contributed by atoms with van der Waals surface area (Å²) in [5.41, 5.74) is 0.0524. The zero-order valence-corrected chi connectivity index (χ0v) is 16.9. The number of hydrogen-bond acceptors (Lipinski definition) is 12. The number of rotatable bonds is 4. The Labute approximate surface area is 186 Å². The Morgan fingerprint density at radius 3 is 2.36 bits per heavy atom. The Hall–Kier alpha value is -3.29. The third-order valence-corrected chi connectivity index (χ3v) is 5.53. The first-order chi connectivity index (χ1) is 15.6. The summed E-state index contributed by atoms with van der Waals surface area (Å²) in [5, 5.41) is 79.2. The van der Waals surface area contributed by atoms with Gasteiger partial charge < -0.3 is 55.1 Å². The third-order valence-electron chi connectivity index (χ3n) is 5.53. The van der Waals surface area contributed by atoms with E-state index < -0.39 is 72.2 Å². The highest BCUT2D eigenvalue weighted by Gasteiger charge is 2.45. The summed E-state index contributed by atoms with van der Waals surface area (Å²) in [4.78, 5) is 12.5. The van der Waals surface area contributed by atoms with Crippen molar-refractivity contribution in [3.8, 4) is 34.5 Å². The molecule has 0 aliphatic carbocycles. The SMILES string of the molecule is O=C1CC(c2cc(O)c(O)c(O[C@@H]3O[C@H](CO)[C@@H](O)[C@@H](O)[C@H]3O)c2)Oc2cc(O)cc(O)c21. The van der Waals surface area contributed by atoms with Crippen molar-refractivity contribution in [3.05, 3.63) is 35.4 Å². The Kier molecular flexibility index (Phi) is 5.95. The van der Waals surface area contributed by atoms with Crippen LogP contribution in [0.3, 0.4) is 0 Å². The van der Waals surface area contributed by atoms with Crippen LogP contribution >= 0.6 is 0 Å². The number of benzene rings is 2. The van der Waals surface area contributed by atoms with Gasteiger partial charge >= 0.3 is 0 Å². The van der Waals surface area contributed by atoms with Gasteiger partial charge in [-0.3, -0.25) is 4.79 Å². The molecule has 0 aromatic heterocycles. The first kappa shape index (κ1) is 22.9. The van der Waals surface area contributed by atoms with E-state index in [0.29, 0.717) is 0 Å². The minimum absolute atomic E-state index is 0.0854. The Bertz CT molecular complexity index is 1070. The second-order valence-electron chi connectivity index (χ2n) is 7.77. The van der Waals surface area contributed by atoms with Gasteiger partial charge in [0.25, 0.3) is 0 Å². The maximum atomic E-state index is 12.5. The number of carbonyl (C=O) groups is 1. The summed E-state index contributed by atoms with van der Waals surface area (Å²) in [6.45, 7) is -0.695. The highest BCUT2D eigenvalue weighted by atomic mass is 16.7. The highest BCUT2D eigenvalue weighted by Crippen LogP contribution is 2.45. The van der Waals surface area contributed by atoms with E-state index in [1.165, 1.54) is 6.07 Å². The maximum absolute atomic E-state index is 12.5. The van der Waals surface area contributed by atoms with Crippen LogP contribution < -0.4 is 9.47 Å². The predicted molar refractivity (Wildman–Crippen MR) is 106 cm³/mol. The molecule has 1 unspecified atom stereocenters. The molecule has 2 heterocycles. The molecule has 4 rings (SSSR count). The molecule has 2 aliphatic rings. The Morgan fingerprint density at radius 1 is 0.939 bits per heavy atom. The molecule has 33 heavy (non-hydrogen) atoms. The fraction of sp³-hybridized carbons (Fsp3) is 0.381. The summed E-state index contributed by atoms with van der Waals surface area (Å²) in [6, 6.07) is 4.45. The number of Topliss-reactive ketones (excluding diaryl/α,β-unsaturated/α-hetero) is 1. The summed E-state index contributed by atoms with van der Waals surface area (Å²) in [5.74, 6) is -3.18. The summed E-state index contributed by atoms with van der Waals surface area (Å²) < 4.78 is 16.4. The first-order valence-corrected chi connectivity index (χ1v) is 9.89. The van der Waals surface area contributed by atoms with Crippen LogP contribution in [0.1, 0.15) is 28.4 Å². The third kappa shape index (κ3) is 4.10. The van der Waals surface area contributed by atoms with Crippen LogP contribution in [0, 0.1) is 0 Å². The number of phenolic OH excluding ortho intramolecular Hbond substituents is 4. The lowest BCUT2D eigenvalue weighted by molar-refractivity contribution is -0.277. The molecule has 8 N–H and O–H groups in total. The Morgan fingerprint density at radius 2 is 1.67 bits per heavy atom. The normalized spacial score (nSPS) is 29.3. The number of fused-ring (bicyclic) bond motifs is 1. The molecule has 0 radical (unpaired) electrons. The quantitative estimate of drug-likeness (QED) is 0.266. The van der Waals surface area contributed by atoms with Gasteiger partial charge in [0.1, 0.15) is 53.3 Å². The lowest BCUT2D eigenvalue weighted by Gasteiger charge is -2.39. The fourth-order valence-corrected chi connectivity index (χ4v) is 3.79. The average Bonchev–Trinajstić information content (AvgIpc) is 2.76. The molecule has 2 aliphatic heterocycles. The van der Waals surface area contributed by atoms with Gasteiger partial charge in [-0.2, -0.15) is 0 Å². The lowest BCUT2D eigenvalue weighted by atomic mass is 9.95. The molecular formula is C21H22O12. The zero-order valence-electron chi connectivity index (χ0n) is 16.9.